The minimum atomic E-state index is -2.97. The van der Waals surface area contributed by atoms with Crippen molar-refractivity contribution in [1.82, 2.24) is 14.9 Å². The highest BCUT2D eigenvalue weighted by molar-refractivity contribution is 7.91. The van der Waals surface area contributed by atoms with Gasteiger partial charge in [0.1, 0.15) is 17.8 Å². The lowest BCUT2D eigenvalue weighted by Gasteiger charge is -2.28. The fourth-order valence-corrected chi connectivity index (χ4v) is 5.42. The molecule has 2 saturated heterocycles. The van der Waals surface area contributed by atoms with E-state index in [1.54, 1.807) is 6.07 Å². The van der Waals surface area contributed by atoms with E-state index in [0.29, 0.717) is 24.5 Å². The summed E-state index contributed by atoms with van der Waals surface area (Å²) in [5.74, 6) is 0.956. The minimum Gasteiger partial charge on any atom is -0.353 e. The van der Waals surface area contributed by atoms with Gasteiger partial charge >= 0.3 is 0 Å². The summed E-state index contributed by atoms with van der Waals surface area (Å²) in [5, 5.41) is 0. The first-order valence-corrected chi connectivity index (χ1v) is 10.9. The van der Waals surface area contributed by atoms with Crippen molar-refractivity contribution in [1.29, 1.82) is 0 Å². The Balaban J connectivity index is 1.79. The third kappa shape index (κ3) is 4.29. The molecule has 0 bridgehead atoms. The maximum Gasteiger partial charge on any atom is 0.272 e. The van der Waals surface area contributed by atoms with Gasteiger partial charge in [-0.2, -0.15) is 0 Å². The first-order chi connectivity index (χ1) is 12.0. The van der Waals surface area contributed by atoms with Gasteiger partial charge in [-0.1, -0.05) is 12.8 Å². The molecule has 2 aliphatic rings. The summed E-state index contributed by atoms with van der Waals surface area (Å²) in [7, 11) is -2.97. The molecule has 0 saturated carbocycles. The average molecular weight is 366 g/mol. The predicted molar refractivity (Wildman–Crippen MR) is 96.5 cm³/mol. The van der Waals surface area contributed by atoms with Crippen LogP contribution >= 0.6 is 0 Å². The molecule has 1 atom stereocenters. The Labute approximate surface area is 149 Å². The van der Waals surface area contributed by atoms with Crippen molar-refractivity contribution in [3.63, 3.8) is 0 Å². The molecule has 1 aromatic heterocycles. The zero-order chi connectivity index (χ0) is 17.9. The highest BCUT2D eigenvalue weighted by Gasteiger charge is 2.32. The number of amides is 1. The van der Waals surface area contributed by atoms with Gasteiger partial charge < -0.3 is 9.80 Å². The zero-order valence-electron chi connectivity index (χ0n) is 14.7. The summed E-state index contributed by atoms with van der Waals surface area (Å²) >= 11 is 0. The van der Waals surface area contributed by atoms with Gasteiger partial charge in [0.25, 0.3) is 5.91 Å². The second kappa shape index (κ2) is 7.68. The number of likely N-dealkylation sites (tertiary alicyclic amines) is 1. The van der Waals surface area contributed by atoms with Crippen LogP contribution in [0.3, 0.4) is 0 Å². The van der Waals surface area contributed by atoms with Crippen LogP contribution in [-0.4, -0.2) is 66.4 Å². The summed E-state index contributed by atoms with van der Waals surface area (Å²) in [6.07, 6.45) is 6.41. The number of hydrogen-bond acceptors (Lipinski definition) is 6. The molecule has 0 spiro atoms. The molecule has 138 valence electrons. The number of carbonyl (C=O) groups excluding carboxylic acids is 1. The van der Waals surface area contributed by atoms with Gasteiger partial charge in [-0.25, -0.2) is 18.4 Å². The van der Waals surface area contributed by atoms with E-state index in [1.807, 2.05) is 16.7 Å². The number of hydrogen-bond donors (Lipinski definition) is 0. The van der Waals surface area contributed by atoms with Crippen molar-refractivity contribution in [3.05, 3.63) is 18.1 Å². The molecule has 1 aromatic rings. The van der Waals surface area contributed by atoms with E-state index in [4.69, 9.17) is 0 Å². The van der Waals surface area contributed by atoms with Crippen LogP contribution in [0.4, 0.5) is 5.82 Å². The smallest absolute Gasteiger partial charge is 0.272 e. The highest BCUT2D eigenvalue weighted by Crippen LogP contribution is 2.23. The van der Waals surface area contributed by atoms with E-state index < -0.39 is 9.84 Å². The van der Waals surface area contributed by atoms with E-state index in [-0.39, 0.29) is 23.5 Å². The van der Waals surface area contributed by atoms with Crippen LogP contribution in [0.25, 0.3) is 0 Å². The Kier molecular flexibility index (Phi) is 5.56. The largest absolute Gasteiger partial charge is 0.353 e. The van der Waals surface area contributed by atoms with Gasteiger partial charge in [0.05, 0.1) is 11.5 Å². The lowest BCUT2D eigenvalue weighted by Crippen LogP contribution is -2.37. The van der Waals surface area contributed by atoms with Crippen LogP contribution in [-0.2, 0) is 9.84 Å². The molecule has 2 fully saturated rings. The average Bonchev–Trinajstić information content (AvgIpc) is 2.80. The Bertz CT molecular complexity index is 714. The van der Waals surface area contributed by atoms with E-state index in [9.17, 15) is 13.2 Å². The molecule has 1 unspecified atom stereocenters. The molecular formula is C17H26N4O3S. The monoisotopic (exact) mass is 366 g/mol. The third-order valence-corrected chi connectivity index (χ3v) is 6.80. The van der Waals surface area contributed by atoms with Crippen molar-refractivity contribution in [2.24, 2.45) is 0 Å². The molecule has 7 nitrogen and oxygen atoms in total. The summed E-state index contributed by atoms with van der Waals surface area (Å²) in [6.45, 7) is 4.17. The van der Waals surface area contributed by atoms with Gasteiger partial charge in [-0.15, -0.1) is 0 Å². The fraction of sp³-hybridized carbons (Fsp3) is 0.706. The lowest BCUT2D eigenvalue weighted by atomic mass is 10.2. The molecule has 25 heavy (non-hydrogen) atoms. The maximum atomic E-state index is 12.8. The molecule has 3 rings (SSSR count). The normalized spacial score (nSPS) is 23.2. The Morgan fingerprint density at radius 3 is 2.56 bits per heavy atom. The molecule has 0 N–H and O–H groups in total. The SMILES string of the molecule is CCN(c1cc(C(=O)N2CCCCCC2)ncn1)C1CCS(=O)(=O)C1. The van der Waals surface area contributed by atoms with Crippen LogP contribution in [0.1, 0.15) is 49.5 Å². The number of rotatable bonds is 4. The maximum absolute atomic E-state index is 12.8. The number of anilines is 1. The molecule has 0 radical (unpaired) electrons. The summed E-state index contributed by atoms with van der Waals surface area (Å²) in [6, 6.07) is 1.63. The second-order valence-corrected chi connectivity index (χ2v) is 9.04. The Hall–Kier alpha value is -1.70. The third-order valence-electron chi connectivity index (χ3n) is 5.05. The number of nitrogens with zero attached hydrogens (tertiary/aromatic N) is 4. The lowest BCUT2D eigenvalue weighted by molar-refractivity contribution is 0.0755. The van der Waals surface area contributed by atoms with E-state index in [1.165, 1.54) is 19.2 Å². The fourth-order valence-electron chi connectivity index (χ4n) is 3.69. The molecule has 8 heteroatoms. The first kappa shape index (κ1) is 18.1. The minimum absolute atomic E-state index is 0.0550. The van der Waals surface area contributed by atoms with Gasteiger partial charge in [-0.05, 0) is 26.2 Å². The van der Waals surface area contributed by atoms with Crippen molar-refractivity contribution < 1.29 is 13.2 Å². The van der Waals surface area contributed by atoms with Crippen molar-refractivity contribution in [2.45, 2.75) is 45.1 Å². The summed E-state index contributed by atoms with van der Waals surface area (Å²) < 4.78 is 23.6. The van der Waals surface area contributed by atoms with Crippen LogP contribution < -0.4 is 4.90 Å². The van der Waals surface area contributed by atoms with Gasteiger partial charge in [0, 0.05) is 31.7 Å². The molecule has 0 aromatic carbocycles. The van der Waals surface area contributed by atoms with Crippen LogP contribution in [0.5, 0.6) is 0 Å². The number of carbonyl (C=O) groups is 1. The highest BCUT2D eigenvalue weighted by atomic mass is 32.2. The van der Waals surface area contributed by atoms with Crippen molar-refractivity contribution in [3.8, 4) is 0 Å². The number of aromatic nitrogens is 2. The van der Waals surface area contributed by atoms with E-state index in [0.717, 1.165) is 25.9 Å². The van der Waals surface area contributed by atoms with E-state index >= 15 is 0 Å². The molecule has 3 heterocycles. The molecule has 1 amide bonds. The van der Waals surface area contributed by atoms with Gasteiger partial charge in [-0.3, -0.25) is 4.79 Å². The van der Waals surface area contributed by atoms with Crippen molar-refractivity contribution in [2.75, 3.05) is 36.0 Å². The Morgan fingerprint density at radius 2 is 1.96 bits per heavy atom. The van der Waals surface area contributed by atoms with Gasteiger partial charge in [0.2, 0.25) is 0 Å². The zero-order valence-corrected chi connectivity index (χ0v) is 15.5. The second-order valence-electron chi connectivity index (χ2n) is 6.81. The predicted octanol–water partition coefficient (Wildman–Crippen LogP) is 1.51. The van der Waals surface area contributed by atoms with E-state index in [2.05, 4.69) is 9.97 Å². The molecular weight excluding hydrogens is 340 g/mol. The van der Waals surface area contributed by atoms with Crippen LogP contribution in [0, 0.1) is 0 Å². The molecule has 2 aliphatic heterocycles. The first-order valence-electron chi connectivity index (χ1n) is 9.08. The van der Waals surface area contributed by atoms with Crippen LogP contribution in [0.2, 0.25) is 0 Å². The number of sulfone groups is 1. The van der Waals surface area contributed by atoms with Crippen LogP contribution in [0.15, 0.2) is 12.4 Å². The van der Waals surface area contributed by atoms with Crippen molar-refractivity contribution >= 4 is 21.6 Å². The molecule has 0 aliphatic carbocycles. The Morgan fingerprint density at radius 1 is 1.24 bits per heavy atom. The quantitative estimate of drug-likeness (QED) is 0.803. The summed E-state index contributed by atoms with van der Waals surface area (Å²) in [4.78, 5) is 25.1. The standard InChI is InChI=1S/C17H26N4O3S/c1-2-21(14-7-10-25(23,24)12-14)16-11-15(18-13-19-16)17(22)20-8-5-3-4-6-9-20/h11,13-14H,2-10,12H2,1H3. The van der Waals surface area contributed by atoms with Gasteiger partial charge in [0.15, 0.2) is 9.84 Å². The summed E-state index contributed by atoms with van der Waals surface area (Å²) in [5.41, 5.74) is 0.395. The topological polar surface area (TPSA) is 83.5 Å².